The molecular formula is C5H9NO. The molecule has 1 N–H and O–H groups in total. The van der Waals surface area contributed by atoms with Gasteiger partial charge in [0.2, 0.25) is 5.91 Å². The molecule has 2 heteroatoms. The SMILES string of the molecule is C=CCC(=O)NC. The van der Waals surface area contributed by atoms with Crippen molar-refractivity contribution in [2.45, 2.75) is 6.42 Å². The summed E-state index contributed by atoms with van der Waals surface area (Å²) in [5.74, 6) is 0.00926. The van der Waals surface area contributed by atoms with Crippen molar-refractivity contribution in [2.75, 3.05) is 7.05 Å². The summed E-state index contributed by atoms with van der Waals surface area (Å²) >= 11 is 0. The van der Waals surface area contributed by atoms with E-state index in [-0.39, 0.29) is 5.91 Å². The van der Waals surface area contributed by atoms with E-state index in [2.05, 4.69) is 11.9 Å². The molecule has 0 aliphatic heterocycles. The Balaban J connectivity index is 3.17. The van der Waals surface area contributed by atoms with Gasteiger partial charge in [0.15, 0.2) is 0 Å². The van der Waals surface area contributed by atoms with Crippen molar-refractivity contribution in [3.63, 3.8) is 0 Å². The molecule has 0 heterocycles. The fourth-order valence-corrected chi connectivity index (χ4v) is 0.233. The summed E-state index contributed by atoms with van der Waals surface area (Å²) in [5, 5.41) is 2.46. The van der Waals surface area contributed by atoms with Crippen molar-refractivity contribution in [3.8, 4) is 0 Å². The molecule has 0 aromatic carbocycles. The van der Waals surface area contributed by atoms with Crippen LogP contribution >= 0.6 is 0 Å². The minimum atomic E-state index is 0.00926. The molecule has 1 amide bonds. The zero-order chi connectivity index (χ0) is 5.70. The van der Waals surface area contributed by atoms with Gasteiger partial charge in [0.05, 0.1) is 0 Å². The van der Waals surface area contributed by atoms with E-state index in [1.807, 2.05) is 0 Å². The number of carbonyl (C=O) groups excluding carboxylic acids is 1. The summed E-state index contributed by atoms with van der Waals surface area (Å²) in [6, 6.07) is 0. The highest BCUT2D eigenvalue weighted by Gasteiger charge is 1.87. The Morgan fingerprint density at radius 3 is 2.71 bits per heavy atom. The monoisotopic (exact) mass is 99.1 g/mol. The van der Waals surface area contributed by atoms with Crippen LogP contribution in [0.4, 0.5) is 0 Å². The first-order valence-electron chi connectivity index (χ1n) is 2.12. The lowest BCUT2D eigenvalue weighted by atomic mass is 10.4. The predicted octanol–water partition coefficient (Wildman–Crippen LogP) is 0.308. The van der Waals surface area contributed by atoms with Crippen molar-refractivity contribution in [1.82, 2.24) is 5.32 Å². The molecule has 0 spiro atoms. The Morgan fingerprint density at radius 1 is 2.00 bits per heavy atom. The van der Waals surface area contributed by atoms with Gasteiger partial charge in [0.25, 0.3) is 0 Å². The topological polar surface area (TPSA) is 29.1 Å². The van der Waals surface area contributed by atoms with Crippen LogP contribution in [-0.2, 0) is 4.79 Å². The zero-order valence-corrected chi connectivity index (χ0v) is 4.40. The first kappa shape index (κ1) is 6.21. The molecule has 0 aromatic heterocycles. The molecule has 0 aliphatic rings. The summed E-state index contributed by atoms with van der Waals surface area (Å²) in [7, 11) is 1.60. The maximum atomic E-state index is 10.2. The fraction of sp³-hybridized carbons (Fsp3) is 0.400. The second kappa shape index (κ2) is 3.40. The van der Waals surface area contributed by atoms with Crippen LogP contribution in [0.3, 0.4) is 0 Å². The van der Waals surface area contributed by atoms with Gasteiger partial charge in [0.1, 0.15) is 0 Å². The zero-order valence-electron chi connectivity index (χ0n) is 4.40. The van der Waals surface area contributed by atoms with Crippen LogP contribution in [0.5, 0.6) is 0 Å². The number of hydrogen-bond donors (Lipinski definition) is 1. The molecule has 0 unspecified atom stereocenters. The molecule has 0 aromatic rings. The van der Waals surface area contributed by atoms with E-state index in [0.29, 0.717) is 6.42 Å². The van der Waals surface area contributed by atoms with E-state index in [4.69, 9.17) is 0 Å². The molecule has 40 valence electrons. The van der Waals surface area contributed by atoms with Crippen LogP contribution in [-0.4, -0.2) is 13.0 Å². The first-order chi connectivity index (χ1) is 3.31. The third-order valence-electron chi connectivity index (χ3n) is 0.609. The summed E-state index contributed by atoms with van der Waals surface area (Å²) in [6.07, 6.45) is 1.98. The van der Waals surface area contributed by atoms with Gasteiger partial charge < -0.3 is 5.32 Å². The Hall–Kier alpha value is -0.790. The van der Waals surface area contributed by atoms with Crippen LogP contribution in [0.25, 0.3) is 0 Å². The van der Waals surface area contributed by atoms with Crippen molar-refractivity contribution in [2.24, 2.45) is 0 Å². The summed E-state index contributed by atoms with van der Waals surface area (Å²) in [6.45, 7) is 3.39. The minimum Gasteiger partial charge on any atom is -0.359 e. The molecule has 0 fully saturated rings. The highest BCUT2D eigenvalue weighted by Crippen LogP contribution is 1.74. The Morgan fingerprint density at radius 2 is 2.57 bits per heavy atom. The second-order valence-corrected chi connectivity index (χ2v) is 1.17. The Kier molecular flexibility index (Phi) is 3.02. The lowest BCUT2D eigenvalue weighted by Gasteiger charge is -1.88. The Labute approximate surface area is 43.2 Å². The van der Waals surface area contributed by atoms with E-state index in [1.165, 1.54) is 0 Å². The number of nitrogens with one attached hydrogen (secondary N) is 1. The number of amides is 1. The van der Waals surface area contributed by atoms with Crippen LogP contribution in [0.1, 0.15) is 6.42 Å². The highest BCUT2D eigenvalue weighted by molar-refractivity contribution is 5.76. The van der Waals surface area contributed by atoms with Crippen molar-refractivity contribution >= 4 is 5.91 Å². The standard InChI is InChI=1S/C5H9NO/c1-3-4-5(7)6-2/h3H,1,4H2,2H3,(H,6,7). The minimum absolute atomic E-state index is 0.00926. The molecule has 0 aliphatic carbocycles. The van der Waals surface area contributed by atoms with Gasteiger partial charge in [-0.1, -0.05) is 6.08 Å². The fourth-order valence-electron chi connectivity index (χ4n) is 0.233. The number of hydrogen-bond acceptors (Lipinski definition) is 1. The van der Waals surface area contributed by atoms with E-state index < -0.39 is 0 Å². The molecule has 0 rings (SSSR count). The van der Waals surface area contributed by atoms with Crippen molar-refractivity contribution < 1.29 is 4.79 Å². The number of carbonyl (C=O) groups is 1. The van der Waals surface area contributed by atoms with Gasteiger partial charge in [-0.2, -0.15) is 0 Å². The third kappa shape index (κ3) is 3.03. The molecule has 7 heavy (non-hydrogen) atoms. The van der Waals surface area contributed by atoms with Crippen LogP contribution in [0.15, 0.2) is 12.7 Å². The van der Waals surface area contributed by atoms with Gasteiger partial charge in [-0.25, -0.2) is 0 Å². The van der Waals surface area contributed by atoms with Crippen LogP contribution in [0.2, 0.25) is 0 Å². The van der Waals surface area contributed by atoms with Gasteiger partial charge in [-0.3, -0.25) is 4.79 Å². The van der Waals surface area contributed by atoms with E-state index >= 15 is 0 Å². The van der Waals surface area contributed by atoms with Gasteiger partial charge in [0, 0.05) is 13.5 Å². The van der Waals surface area contributed by atoms with E-state index in [0.717, 1.165) is 0 Å². The predicted molar refractivity (Wildman–Crippen MR) is 28.9 cm³/mol. The Bertz CT molecular complexity index is 78.1. The molecule has 0 atom stereocenters. The average Bonchev–Trinajstić information content (AvgIpc) is 1.68. The number of rotatable bonds is 2. The summed E-state index contributed by atoms with van der Waals surface area (Å²) in [5.41, 5.74) is 0. The van der Waals surface area contributed by atoms with Crippen molar-refractivity contribution in [1.29, 1.82) is 0 Å². The summed E-state index contributed by atoms with van der Waals surface area (Å²) < 4.78 is 0. The largest absolute Gasteiger partial charge is 0.359 e. The lowest BCUT2D eigenvalue weighted by molar-refractivity contribution is -0.119. The van der Waals surface area contributed by atoms with Crippen LogP contribution < -0.4 is 5.32 Å². The third-order valence-corrected chi connectivity index (χ3v) is 0.609. The lowest BCUT2D eigenvalue weighted by Crippen LogP contribution is -2.15. The maximum absolute atomic E-state index is 10.2. The average molecular weight is 99.1 g/mol. The van der Waals surface area contributed by atoms with E-state index in [9.17, 15) is 4.79 Å². The molecule has 0 radical (unpaired) electrons. The second-order valence-electron chi connectivity index (χ2n) is 1.17. The van der Waals surface area contributed by atoms with Gasteiger partial charge in [-0.15, -0.1) is 6.58 Å². The highest BCUT2D eigenvalue weighted by atomic mass is 16.1. The molecule has 2 nitrogen and oxygen atoms in total. The molecular weight excluding hydrogens is 90.1 g/mol. The normalized spacial score (nSPS) is 7.57. The maximum Gasteiger partial charge on any atom is 0.223 e. The van der Waals surface area contributed by atoms with Crippen molar-refractivity contribution in [3.05, 3.63) is 12.7 Å². The molecule has 0 saturated carbocycles. The quantitative estimate of drug-likeness (QED) is 0.496. The van der Waals surface area contributed by atoms with Gasteiger partial charge in [-0.05, 0) is 0 Å². The smallest absolute Gasteiger partial charge is 0.223 e. The first-order valence-corrected chi connectivity index (χ1v) is 2.12. The van der Waals surface area contributed by atoms with Crippen LogP contribution in [0, 0.1) is 0 Å². The summed E-state index contributed by atoms with van der Waals surface area (Å²) in [4.78, 5) is 10.2. The van der Waals surface area contributed by atoms with Gasteiger partial charge >= 0.3 is 0 Å². The molecule has 0 bridgehead atoms. The van der Waals surface area contributed by atoms with E-state index in [1.54, 1.807) is 13.1 Å². The molecule has 0 saturated heterocycles.